The summed E-state index contributed by atoms with van der Waals surface area (Å²) in [4.78, 5) is 0. The molecule has 1 N–H and O–H groups in total. The first-order valence-corrected chi connectivity index (χ1v) is 13.1. The second-order valence-electron chi connectivity index (χ2n) is 6.80. The van der Waals surface area contributed by atoms with Crippen LogP contribution in [-0.4, -0.2) is 59.5 Å². The van der Waals surface area contributed by atoms with E-state index in [1.807, 2.05) is 0 Å². The Morgan fingerprint density at radius 3 is 0.548 bits per heavy atom. The Bertz CT molecular complexity index is 111. The van der Waals surface area contributed by atoms with E-state index in [2.05, 4.69) is 89.7 Å². The Balaban J connectivity index is -0.0000000258. The Kier molecular flexibility index (Phi) is 203. The average Bonchev–Trinajstić information content (AvgIpc) is 2.80. The second-order valence-corrected chi connectivity index (χ2v) is 6.80. The van der Waals surface area contributed by atoms with Crippen molar-refractivity contribution in [2.75, 3.05) is 6.61 Å². The summed E-state index contributed by atoms with van der Waals surface area (Å²) in [5.74, 6) is 0. The van der Waals surface area contributed by atoms with Gasteiger partial charge in [-0.15, -0.1) is 6.58 Å². The molecule has 0 aliphatic rings. The fourth-order valence-corrected chi connectivity index (χ4v) is 0.0913. The van der Waals surface area contributed by atoms with Crippen LogP contribution < -0.4 is 0 Å². The monoisotopic (exact) mass is 660 g/mol. The molecule has 0 aromatic heterocycles. The number of unbranched alkanes of at least 4 members (excludes halogenated alkanes) is 6. The van der Waals surface area contributed by atoms with Gasteiger partial charge in [-0.05, 0) is 6.42 Å². The molecule has 0 aromatic carbocycles. The average molecular weight is 658 g/mol. The van der Waals surface area contributed by atoms with Crippen molar-refractivity contribution in [2.24, 2.45) is 0 Å². The number of aliphatic hydroxyl groups is 1. The first-order chi connectivity index (χ1) is 13.9. The van der Waals surface area contributed by atoms with E-state index in [0.717, 1.165) is 0 Å². The Labute approximate surface area is 237 Å². The third-order valence-electron chi connectivity index (χ3n) is 3.33. The summed E-state index contributed by atoms with van der Waals surface area (Å²) in [5.41, 5.74) is 0. The van der Waals surface area contributed by atoms with E-state index >= 15 is 0 Å². The van der Waals surface area contributed by atoms with E-state index in [1.165, 1.54) is 77.0 Å². The standard InChI is InChI=1S/C4H8O.6C4H10.2Sn/c1-2-3-4-5;6*1-3-4-2;;/h2,5H,1,3-4H2;6*3-4H2,1-2H3;;. The fourth-order valence-electron chi connectivity index (χ4n) is 0.0913. The van der Waals surface area contributed by atoms with Crippen LogP contribution in [0.2, 0.25) is 0 Å². The van der Waals surface area contributed by atoms with E-state index in [4.69, 9.17) is 5.11 Å². The second kappa shape index (κ2) is 108. The van der Waals surface area contributed by atoms with Crippen molar-refractivity contribution >= 4 is 47.8 Å². The molecule has 194 valence electrons. The quantitative estimate of drug-likeness (QED) is 0.203. The van der Waals surface area contributed by atoms with E-state index in [-0.39, 0.29) is 54.4 Å². The fraction of sp³-hybridized carbons (Fsp3) is 0.929. The molecule has 1 nitrogen and oxygen atoms in total. The molecular weight excluding hydrogens is 590 g/mol. The van der Waals surface area contributed by atoms with Gasteiger partial charge >= 0.3 is 0 Å². The minimum absolute atomic E-state index is 0. The van der Waals surface area contributed by atoms with Crippen LogP contribution in [0.5, 0.6) is 0 Å². The molecule has 0 bridgehead atoms. The van der Waals surface area contributed by atoms with Crippen molar-refractivity contribution in [3.05, 3.63) is 12.7 Å². The van der Waals surface area contributed by atoms with Crippen molar-refractivity contribution in [1.82, 2.24) is 0 Å². The SMILES string of the molecule is C=CCCO.CCCC.CCCC.CCCC.CCCC.CCCC.CCCC.[Sn].[Sn]. The van der Waals surface area contributed by atoms with Crippen LogP contribution in [0.25, 0.3) is 0 Å². The van der Waals surface area contributed by atoms with Crippen LogP contribution in [-0.2, 0) is 0 Å². The van der Waals surface area contributed by atoms with Gasteiger partial charge in [0.05, 0.1) is 0 Å². The van der Waals surface area contributed by atoms with Crippen LogP contribution in [0.3, 0.4) is 0 Å². The van der Waals surface area contributed by atoms with Gasteiger partial charge in [0.25, 0.3) is 0 Å². The van der Waals surface area contributed by atoms with Gasteiger partial charge < -0.3 is 5.11 Å². The van der Waals surface area contributed by atoms with Crippen molar-refractivity contribution in [2.45, 2.75) is 167 Å². The van der Waals surface area contributed by atoms with Gasteiger partial charge in [0.1, 0.15) is 0 Å². The first-order valence-electron chi connectivity index (χ1n) is 13.1. The van der Waals surface area contributed by atoms with Crippen molar-refractivity contribution in [3.8, 4) is 0 Å². The van der Waals surface area contributed by atoms with Crippen LogP contribution in [0.15, 0.2) is 12.7 Å². The van der Waals surface area contributed by atoms with Gasteiger partial charge in [0, 0.05) is 54.4 Å². The number of rotatable bonds is 8. The minimum Gasteiger partial charge on any atom is -0.396 e. The van der Waals surface area contributed by atoms with Gasteiger partial charge in [-0.3, -0.25) is 0 Å². The summed E-state index contributed by atoms with van der Waals surface area (Å²) < 4.78 is 0. The van der Waals surface area contributed by atoms with E-state index in [0.29, 0.717) is 6.42 Å². The molecule has 0 saturated carbocycles. The van der Waals surface area contributed by atoms with E-state index in [1.54, 1.807) is 6.08 Å². The number of hydrogen-bond acceptors (Lipinski definition) is 1. The summed E-state index contributed by atoms with van der Waals surface area (Å²) >= 11 is 0. The molecule has 31 heavy (non-hydrogen) atoms. The van der Waals surface area contributed by atoms with Crippen molar-refractivity contribution in [1.29, 1.82) is 0 Å². The summed E-state index contributed by atoms with van der Waals surface area (Å²) in [7, 11) is 0. The number of aliphatic hydroxyl groups excluding tert-OH is 1. The molecule has 0 aliphatic heterocycles. The molecular formula is C28H68OSn2. The van der Waals surface area contributed by atoms with E-state index in [9.17, 15) is 0 Å². The summed E-state index contributed by atoms with van der Waals surface area (Å²) in [6.07, 6.45) is 18.2. The van der Waals surface area contributed by atoms with Gasteiger partial charge in [-0.1, -0.05) is 166 Å². The molecule has 0 aliphatic carbocycles. The topological polar surface area (TPSA) is 20.2 Å². The van der Waals surface area contributed by atoms with Crippen molar-refractivity contribution < 1.29 is 5.11 Å². The summed E-state index contributed by atoms with van der Waals surface area (Å²) in [6, 6.07) is 0. The third kappa shape index (κ3) is 311. The maximum Gasteiger partial charge on any atom is 0.0465 e. The first kappa shape index (κ1) is 58.3. The molecule has 3 heteroatoms. The smallest absolute Gasteiger partial charge is 0.0465 e. The Morgan fingerprint density at radius 2 is 0.548 bits per heavy atom. The third-order valence-corrected chi connectivity index (χ3v) is 3.33. The zero-order valence-corrected chi connectivity index (χ0v) is 30.3. The van der Waals surface area contributed by atoms with E-state index < -0.39 is 0 Å². The van der Waals surface area contributed by atoms with Crippen LogP contribution >= 0.6 is 0 Å². The van der Waals surface area contributed by atoms with Crippen LogP contribution in [0.4, 0.5) is 0 Å². The Morgan fingerprint density at radius 1 is 0.419 bits per heavy atom. The molecule has 0 rings (SSSR count). The zero-order valence-electron chi connectivity index (χ0n) is 24.6. The van der Waals surface area contributed by atoms with Crippen LogP contribution in [0, 0.1) is 0 Å². The Hall–Kier alpha value is 1.30. The zero-order chi connectivity index (χ0) is 24.6. The molecule has 0 spiro atoms. The van der Waals surface area contributed by atoms with Crippen molar-refractivity contribution in [3.63, 3.8) is 0 Å². The molecule has 0 heterocycles. The molecule has 0 atom stereocenters. The largest absolute Gasteiger partial charge is 0.396 e. The van der Waals surface area contributed by atoms with Gasteiger partial charge in [-0.2, -0.15) is 0 Å². The van der Waals surface area contributed by atoms with Crippen LogP contribution in [0.1, 0.15) is 167 Å². The maximum absolute atomic E-state index is 8.00. The molecule has 8 radical (unpaired) electrons. The predicted octanol–water partition coefficient (Wildman–Crippen LogP) is 10.6. The minimum atomic E-state index is 0. The maximum atomic E-state index is 8.00. The molecule has 0 unspecified atom stereocenters. The summed E-state index contributed by atoms with van der Waals surface area (Å²) in [5, 5.41) is 8.00. The van der Waals surface area contributed by atoms with Gasteiger partial charge in [0.2, 0.25) is 0 Å². The predicted molar refractivity (Wildman–Crippen MR) is 157 cm³/mol. The molecule has 0 aromatic rings. The molecule has 0 fully saturated rings. The number of hydrogen-bond donors (Lipinski definition) is 1. The van der Waals surface area contributed by atoms with Gasteiger partial charge in [0.15, 0.2) is 0 Å². The summed E-state index contributed by atoms with van der Waals surface area (Å²) in [6.45, 7) is 29.8. The molecule has 0 amide bonds. The molecule has 0 saturated heterocycles. The normalized spacial score (nSPS) is 7.00. The van der Waals surface area contributed by atoms with Gasteiger partial charge in [-0.25, -0.2) is 0 Å².